The van der Waals surface area contributed by atoms with Crippen molar-refractivity contribution in [3.8, 4) is 0 Å². The summed E-state index contributed by atoms with van der Waals surface area (Å²) >= 11 is 0. The van der Waals surface area contributed by atoms with Crippen molar-refractivity contribution < 1.29 is 14.7 Å². The molecule has 4 heteroatoms. The van der Waals surface area contributed by atoms with Crippen LogP contribution >= 0.6 is 0 Å². The van der Waals surface area contributed by atoms with Gasteiger partial charge < -0.3 is 10.4 Å². The van der Waals surface area contributed by atoms with Gasteiger partial charge in [0, 0.05) is 11.6 Å². The highest BCUT2D eigenvalue weighted by molar-refractivity contribution is 5.94. The van der Waals surface area contributed by atoms with Gasteiger partial charge in [0.25, 0.3) is 0 Å². The summed E-state index contributed by atoms with van der Waals surface area (Å²) in [7, 11) is 0. The van der Waals surface area contributed by atoms with E-state index in [4.69, 9.17) is 5.11 Å². The van der Waals surface area contributed by atoms with Crippen molar-refractivity contribution >= 4 is 17.6 Å². The Kier molecular flexibility index (Phi) is 10.6. The minimum absolute atomic E-state index is 0.103. The summed E-state index contributed by atoms with van der Waals surface area (Å²) in [6, 6.07) is 7.58. The van der Waals surface area contributed by atoms with Gasteiger partial charge in [-0.15, -0.1) is 0 Å². The fourth-order valence-corrected chi connectivity index (χ4v) is 3.03. The zero-order valence-electron chi connectivity index (χ0n) is 15.7. The summed E-state index contributed by atoms with van der Waals surface area (Å²) in [6.07, 6.45) is 10.1. The van der Waals surface area contributed by atoms with E-state index in [0.29, 0.717) is 6.42 Å². The molecule has 1 unspecified atom stereocenters. The van der Waals surface area contributed by atoms with E-state index < -0.39 is 11.9 Å². The van der Waals surface area contributed by atoms with E-state index in [9.17, 15) is 9.59 Å². The van der Waals surface area contributed by atoms with Crippen molar-refractivity contribution in [2.24, 2.45) is 5.92 Å². The van der Waals surface area contributed by atoms with Gasteiger partial charge >= 0.3 is 5.97 Å². The molecule has 0 fully saturated rings. The van der Waals surface area contributed by atoms with Gasteiger partial charge in [-0.25, -0.2) is 0 Å². The number of carbonyl (C=O) groups is 2. The van der Waals surface area contributed by atoms with Crippen molar-refractivity contribution in [2.45, 2.75) is 78.1 Å². The number of carboxylic acid groups (broad SMARTS) is 1. The number of rotatable bonds is 13. The maximum atomic E-state index is 12.4. The van der Waals surface area contributed by atoms with E-state index in [1.54, 1.807) is 0 Å². The topological polar surface area (TPSA) is 66.4 Å². The number of aliphatic carboxylic acids is 1. The fraction of sp³-hybridized carbons (Fsp3) is 0.619. The van der Waals surface area contributed by atoms with Crippen LogP contribution in [0.25, 0.3) is 0 Å². The maximum Gasteiger partial charge on any atom is 0.304 e. The highest BCUT2D eigenvalue weighted by atomic mass is 16.4. The summed E-state index contributed by atoms with van der Waals surface area (Å²) in [5.41, 5.74) is 1.80. The van der Waals surface area contributed by atoms with Crippen LogP contribution in [0.1, 0.15) is 76.7 Å². The molecule has 0 aliphatic carbocycles. The van der Waals surface area contributed by atoms with E-state index in [1.807, 2.05) is 31.2 Å². The first-order valence-corrected chi connectivity index (χ1v) is 9.62. The largest absolute Gasteiger partial charge is 0.481 e. The van der Waals surface area contributed by atoms with Crippen molar-refractivity contribution in [1.82, 2.24) is 0 Å². The van der Waals surface area contributed by atoms with Gasteiger partial charge in [0.2, 0.25) is 5.91 Å². The molecule has 0 radical (unpaired) electrons. The van der Waals surface area contributed by atoms with Crippen LogP contribution in [0.3, 0.4) is 0 Å². The molecule has 1 aromatic rings. The number of carbonyl (C=O) groups excluding carboxylic acids is 1. The summed E-state index contributed by atoms with van der Waals surface area (Å²) in [4.78, 5) is 23.5. The SMILES string of the molecule is CCCCCCCCCCC(CC(=O)O)C(=O)Nc1cccc(C)c1. The van der Waals surface area contributed by atoms with Crippen LogP contribution in [0, 0.1) is 12.8 Å². The number of benzene rings is 1. The zero-order valence-corrected chi connectivity index (χ0v) is 15.7. The highest BCUT2D eigenvalue weighted by Crippen LogP contribution is 2.19. The summed E-state index contributed by atoms with van der Waals surface area (Å²) in [5.74, 6) is -1.56. The van der Waals surface area contributed by atoms with Gasteiger partial charge in [0.15, 0.2) is 0 Å². The highest BCUT2D eigenvalue weighted by Gasteiger charge is 2.21. The number of anilines is 1. The molecule has 0 bridgehead atoms. The van der Waals surface area contributed by atoms with Gasteiger partial charge in [-0.1, -0.05) is 70.4 Å². The lowest BCUT2D eigenvalue weighted by molar-refractivity contribution is -0.140. The molecule has 0 aromatic heterocycles. The Morgan fingerprint density at radius 1 is 1.04 bits per heavy atom. The molecular formula is C21H33NO3. The molecule has 1 amide bonds. The predicted octanol–water partition coefficient (Wildman–Crippen LogP) is 5.56. The van der Waals surface area contributed by atoms with E-state index in [2.05, 4.69) is 12.2 Å². The molecule has 1 aromatic carbocycles. The molecule has 0 spiro atoms. The van der Waals surface area contributed by atoms with E-state index >= 15 is 0 Å². The van der Waals surface area contributed by atoms with E-state index in [0.717, 1.165) is 24.1 Å². The Labute approximate surface area is 152 Å². The first-order chi connectivity index (χ1) is 12.0. The van der Waals surface area contributed by atoms with Crippen LogP contribution in [0.2, 0.25) is 0 Å². The molecule has 25 heavy (non-hydrogen) atoms. The van der Waals surface area contributed by atoms with E-state index in [-0.39, 0.29) is 12.3 Å². The number of hydrogen-bond acceptors (Lipinski definition) is 2. The summed E-state index contributed by atoms with van der Waals surface area (Å²) in [6.45, 7) is 4.18. The minimum atomic E-state index is -0.913. The van der Waals surface area contributed by atoms with Gasteiger partial charge in [-0.05, 0) is 31.0 Å². The minimum Gasteiger partial charge on any atom is -0.481 e. The lowest BCUT2D eigenvalue weighted by Gasteiger charge is -2.15. The lowest BCUT2D eigenvalue weighted by atomic mass is 9.96. The number of aryl methyl sites for hydroxylation is 1. The van der Waals surface area contributed by atoms with Crippen molar-refractivity contribution in [3.63, 3.8) is 0 Å². The lowest BCUT2D eigenvalue weighted by Crippen LogP contribution is -2.25. The standard InChI is InChI=1S/C21H33NO3/c1-3-4-5-6-7-8-9-10-13-18(16-20(23)24)21(25)22-19-14-11-12-17(2)15-19/h11-12,14-15,18H,3-10,13,16H2,1-2H3,(H,22,25)(H,23,24). The van der Waals surface area contributed by atoms with Gasteiger partial charge in [-0.2, -0.15) is 0 Å². The molecule has 140 valence electrons. The first kappa shape index (κ1) is 21.2. The monoisotopic (exact) mass is 347 g/mol. The van der Waals surface area contributed by atoms with Crippen molar-refractivity contribution in [3.05, 3.63) is 29.8 Å². The number of amides is 1. The average Bonchev–Trinajstić information content (AvgIpc) is 2.55. The summed E-state index contributed by atoms with van der Waals surface area (Å²) in [5, 5.41) is 11.9. The maximum absolute atomic E-state index is 12.4. The molecule has 1 rings (SSSR count). The zero-order chi connectivity index (χ0) is 18.5. The Balaban J connectivity index is 2.37. The number of carboxylic acids is 1. The summed E-state index contributed by atoms with van der Waals surface area (Å²) < 4.78 is 0. The smallest absolute Gasteiger partial charge is 0.304 e. The average molecular weight is 347 g/mol. The van der Waals surface area contributed by atoms with Crippen molar-refractivity contribution in [1.29, 1.82) is 0 Å². The van der Waals surface area contributed by atoms with Crippen LogP contribution in [0.5, 0.6) is 0 Å². The normalized spacial score (nSPS) is 11.9. The van der Waals surface area contributed by atoms with E-state index in [1.165, 1.54) is 38.5 Å². The van der Waals surface area contributed by atoms with Crippen LogP contribution in [-0.4, -0.2) is 17.0 Å². The fourth-order valence-electron chi connectivity index (χ4n) is 3.03. The third-order valence-electron chi connectivity index (χ3n) is 4.48. The van der Waals surface area contributed by atoms with Crippen molar-refractivity contribution in [2.75, 3.05) is 5.32 Å². The second-order valence-corrected chi connectivity index (χ2v) is 6.92. The third kappa shape index (κ3) is 9.90. The predicted molar refractivity (Wildman–Crippen MR) is 103 cm³/mol. The van der Waals surface area contributed by atoms with Crippen LogP contribution in [-0.2, 0) is 9.59 Å². The molecule has 0 aliphatic heterocycles. The second-order valence-electron chi connectivity index (χ2n) is 6.92. The molecule has 0 saturated carbocycles. The van der Waals surface area contributed by atoms with Crippen LogP contribution in [0.15, 0.2) is 24.3 Å². The molecule has 1 atom stereocenters. The molecule has 0 saturated heterocycles. The first-order valence-electron chi connectivity index (χ1n) is 9.62. The molecule has 0 aliphatic rings. The Morgan fingerprint density at radius 3 is 2.28 bits per heavy atom. The van der Waals surface area contributed by atoms with Gasteiger partial charge in [-0.3, -0.25) is 9.59 Å². The van der Waals surface area contributed by atoms with Gasteiger partial charge in [0.1, 0.15) is 0 Å². The molecule has 4 nitrogen and oxygen atoms in total. The van der Waals surface area contributed by atoms with Crippen LogP contribution in [0.4, 0.5) is 5.69 Å². The third-order valence-corrected chi connectivity index (χ3v) is 4.48. The quantitative estimate of drug-likeness (QED) is 0.459. The second kappa shape index (κ2) is 12.5. The number of nitrogens with one attached hydrogen (secondary N) is 1. The molecule has 0 heterocycles. The molecular weight excluding hydrogens is 314 g/mol. The van der Waals surface area contributed by atoms with Crippen LogP contribution < -0.4 is 5.32 Å². The number of hydrogen-bond donors (Lipinski definition) is 2. The molecule has 2 N–H and O–H groups in total. The Hall–Kier alpha value is -1.84. The number of unbranched alkanes of at least 4 members (excludes halogenated alkanes) is 7. The van der Waals surface area contributed by atoms with Gasteiger partial charge in [0.05, 0.1) is 6.42 Å². The Bertz CT molecular complexity index is 528. The Morgan fingerprint density at radius 2 is 1.68 bits per heavy atom.